The third-order valence-electron chi connectivity index (χ3n) is 8.31. The Morgan fingerprint density at radius 2 is 1.97 bits per heavy atom. The zero-order valence-electron chi connectivity index (χ0n) is 18.1. The number of rotatable bonds is 6. The van der Waals surface area contributed by atoms with Gasteiger partial charge in [-0.05, 0) is 87.3 Å². The topological polar surface area (TPSA) is 47.6 Å². The van der Waals surface area contributed by atoms with E-state index in [4.69, 9.17) is 27.7 Å². The number of allylic oxidation sites excluding steroid dienone is 1. The van der Waals surface area contributed by atoms with E-state index in [-0.39, 0.29) is 16.9 Å². The second kappa shape index (κ2) is 7.96. The Labute approximate surface area is 186 Å². The summed E-state index contributed by atoms with van der Waals surface area (Å²) < 4.78 is 6.25. The molecule has 0 heterocycles. The van der Waals surface area contributed by atoms with Crippen LogP contribution in [0.5, 0.6) is 0 Å². The van der Waals surface area contributed by atoms with Crippen LogP contribution in [0.15, 0.2) is 47.0 Å². The summed E-state index contributed by atoms with van der Waals surface area (Å²) in [6.07, 6.45) is 13.1. The normalized spacial score (nSPS) is 39.6. The second-order valence-corrected chi connectivity index (χ2v) is 10.4. The van der Waals surface area contributed by atoms with Crippen molar-refractivity contribution in [1.29, 1.82) is 0 Å². The van der Waals surface area contributed by atoms with E-state index in [9.17, 15) is 0 Å². The summed E-state index contributed by atoms with van der Waals surface area (Å²) in [5.74, 6) is 1.80. The van der Waals surface area contributed by atoms with Gasteiger partial charge >= 0.3 is 0 Å². The molecule has 3 saturated carbocycles. The molecule has 1 aromatic carbocycles. The quantitative estimate of drug-likeness (QED) is 0.388. The monoisotopic (exact) mass is 422 g/mol. The second-order valence-electron chi connectivity index (χ2n) is 10.0. The summed E-state index contributed by atoms with van der Waals surface area (Å²) >= 11 is 6.05. The molecule has 4 unspecified atom stereocenters. The Hall–Kier alpha value is -1.36. The Balaban J connectivity index is 1.40. The molecule has 3 nitrogen and oxygen atoms in total. The highest BCUT2D eigenvalue weighted by Crippen LogP contribution is 2.68. The van der Waals surface area contributed by atoms with E-state index >= 15 is 0 Å². The summed E-state index contributed by atoms with van der Waals surface area (Å²) in [6, 6.07) is 11.0. The van der Waals surface area contributed by atoms with E-state index in [0.29, 0.717) is 17.8 Å². The first-order valence-corrected chi connectivity index (χ1v) is 12.2. The molecule has 0 amide bonds. The van der Waals surface area contributed by atoms with Gasteiger partial charge in [0, 0.05) is 23.7 Å². The Morgan fingerprint density at radius 1 is 1.20 bits per heavy atom. The van der Waals surface area contributed by atoms with Crippen LogP contribution < -0.4 is 5.73 Å². The summed E-state index contributed by atoms with van der Waals surface area (Å²) in [5, 5.41) is 0. The van der Waals surface area contributed by atoms with Crippen molar-refractivity contribution in [1.82, 2.24) is 0 Å². The standard InChI is InChI=1S/C26H34N2OS/c1-2-29-23-20-12-25(21-6-4-3-5-7-21)14-22(23)26(13-20,17-25)24(30)28-16-19-10-8-18(15-27)9-11-19/h3-7,14,16,18-20,23H,2,8-13,15,17,27H2,1H3. The van der Waals surface area contributed by atoms with Crippen LogP contribution in [-0.2, 0) is 10.2 Å². The van der Waals surface area contributed by atoms with Crippen molar-refractivity contribution in [2.75, 3.05) is 13.2 Å². The van der Waals surface area contributed by atoms with Crippen LogP contribution in [0, 0.1) is 23.2 Å². The van der Waals surface area contributed by atoms with Crippen molar-refractivity contribution < 1.29 is 4.74 Å². The van der Waals surface area contributed by atoms with Crippen LogP contribution in [0.2, 0.25) is 0 Å². The Morgan fingerprint density at radius 3 is 2.67 bits per heavy atom. The average Bonchev–Trinajstić information content (AvgIpc) is 3.16. The van der Waals surface area contributed by atoms with Crippen LogP contribution in [0.4, 0.5) is 0 Å². The molecule has 0 aliphatic heterocycles. The first kappa shape index (κ1) is 20.5. The highest BCUT2D eigenvalue weighted by Gasteiger charge is 2.65. The lowest BCUT2D eigenvalue weighted by Crippen LogP contribution is -2.38. The number of nitrogens with zero attached hydrogens (tertiary/aromatic N) is 1. The minimum atomic E-state index is -0.0844. The molecule has 0 spiro atoms. The molecular formula is C26H34N2OS. The van der Waals surface area contributed by atoms with Gasteiger partial charge in [-0.1, -0.05) is 48.6 Å². The molecule has 6 rings (SSSR count). The number of hydrogen-bond donors (Lipinski definition) is 1. The van der Waals surface area contributed by atoms with Gasteiger partial charge in [-0.2, -0.15) is 0 Å². The molecule has 5 aliphatic carbocycles. The van der Waals surface area contributed by atoms with E-state index < -0.39 is 0 Å². The highest BCUT2D eigenvalue weighted by molar-refractivity contribution is 7.80. The maximum atomic E-state index is 6.25. The molecule has 0 aromatic heterocycles. The van der Waals surface area contributed by atoms with Crippen LogP contribution >= 0.6 is 12.2 Å². The van der Waals surface area contributed by atoms with Gasteiger partial charge in [0.25, 0.3) is 0 Å². The third kappa shape index (κ3) is 3.23. The smallest absolute Gasteiger partial charge is 0.113 e. The molecule has 2 N–H and O–H groups in total. The molecule has 5 aliphatic rings. The predicted molar refractivity (Wildman–Crippen MR) is 127 cm³/mol. The van der Waals surface area contributed by atoms with Gasteiger partial charge in [0.2, 0.25) is 0 Å². The number of ether oxygens (including phenoxy) is 1. The van der Waals surface area contributed by atoms with Crippen LogP contribution in [0.3, 0.4) is 0 Å². The van der Waals surface area contributed by atoms with E-state index in [0.717, 1.165) is 31.0 Å². The molecule has 4 heteroatoms. The minimum absolute atomic E-state index is 0.0844. The van der Waals surface area contributed by atoms with Crippen molar-refractivity contribution in [2.24, 2.45) is 33.9 Å². The Kier molecular flexibility index (Phi) is 5.45. The molecule has 160 valence electrons. The molecule has 30 heavy (non-hydrogen) atoms. The van der Waals surface area contributed by atoms with E-state index in [1.165, 1.54) is 43.2 Å². The van der Waals surface area contributed by atoms with Crippen molar-refractivity contribution in [3.8, 4) is 0 Å². The Bertz CT molecular complexity index is 857. The fraction of sp³-hybridized carbons (Fsp3) is 0.615. The maximum Gasteiger partial charge on any atom is 0.113 e. The van der Waals surface area contributed by atoms with Gasteiger partial charge in [-0.25, -0.2) is 0 Å². The number of thiocarbonyl (C=S) groups is 1. The van der Waals surface area contributed by atoms with E-state index in [1.807, 2.05) is 0 Å². The highest BCUT2D eigenvalue weighted by atomic mass is 32.1. The van der Waals surface area contributed by atoms with Crippen LogP contribution in [-0.4, -0.2) is 30.5 Å². The van der Waals surface area contributed by atoms with Crippen molar-refractivity contribution in [3.05, 3.63) is 47.5 Å². The maximum absolute atomic E-state index is 6.25. The SMILES string of the molecule is CCOC1C2=CC3(c4ccccc4)CC1CC2(C(=S)N=CC1CCC(CN)CC1)C3. The summed E-state index contributed by atoms with van der Waals surface area (Å²) in [5.41, 5.74) is 8.73. The van der Waals surface area contributed by atoms with Gasteiger partial charge < -0.3 is 10.5 Å². The van der Waals surface area contributed by atoms with Gasteiger partial charge in [0.15, 0.2) is 0 Å². The van der Waals surface area contributed by atoms with Gasteiger partial charge in [-0.3, -0.25) is 4.99 Å². The zero-order valence-corrected chi connectivity index (χ0v) is 18.9. The third-order valence-corrected chi connectivity index (χ3v) is 8.80. The lowest BCUT2D eigenvalue weighted by Gasteiger charge is -2.41. The number of aliphatic imine (C=N–C) groups is 1. The molecular weight excluding hydrogens is 388 g/mol. The van der Waals surface area contributed by atoms with Crippen LogP contribution in [0.1, 0.15) is 57.4 Å². The van der Waals surface area contributed by atoms with Crippen molar-refractivity contribution in [3.63, 3.8) is 0 Å². The first-order chi connectivity index (χ1) is 14.6. The van der Waals surface area contributed by atoms with Gasteiger partial charge in [0.05, 0.1) is 6.10 Å². The zero-order chi connectivity index (χ0) is 20.8. The largest absolute Gasteiger partial charge is 0.374 e. The number of hydrogen-bond acceptors (Lipinski definition) is 3. The number of benzene rings is 1. The van der Waals surface area contributed by atoms with Gasteiger partial charge in [0.1, 0.15) is 4.99 Å². The lowest BCUT2D eigenvalue weighted by molar-refractivity contribution is 0.0422. The molecule has 1 aromatic rings. The summed E-state index contributed by atoms with van der Waals surface area (Å²) in [6.45, 7) is 3.68. The molecule has 0 saturated heterocycles. The molecule has 4 bridgehead atoms. The first-order valence-electron chi connectivity index (χ1n) is 11.8. The fourth-order valence-corrected chi connectivity index (χ4v) is 7.23. The van der Waals surface area contributed by atoms with Crippen molar-refractivity contribution >= 4 is 23.4 Å². The fourth-order valence-electron chi connectivity index (χ4n) is 6.89. The van der Waals surface area contributed by atoms with Crippen LogP contribution in [0.25, 0.3) is 0 Å². The predicted octanol–water partition coefficient (Wildman–Crippen LogP) is 5.23. The molecule has 3 fully saturated rings. The number of nitrogens with two attached hydrogens (primary N) is 1. The van der Waals surface area contributed by atoms with Gasteiger partial charge in [-0.15, -0.1) is 0 Å². The summed E-state index contributed by atoms with van der Waals surface area (Å²) in [7, 11) is 0. The van der Waals surface area contributed by atoms with E-state index in [1.54, 1.807) is 0 Å². The van der Waals surface area contributed by atoms with E-state index in [2.05, 4.69) is 49.5 Å². The lowest BCUT2D eigenvalue weighted by atomic mass is 9.63. The summed E-state index contributed by atoms with van der Waals surface area (Å²) in [4.78, 5) is 5.87. The van der Waals surface area contributed by atoms with Crippen molar-refractivity contribution in [2.45, 2.75) is 63.4 Å². The molecule has 4 atom stereocenters. The average molecular weight is 423 g/mol. The molecule has 0 radical (unpaired) electrons. The minimum Gasteiger partial charge on any atom is -0.374 e.